The Kier molecular flexibility index (Phi) is 7.60. The summed E-state index contributed by atoms with van der Waals surface area (Å²) in [7, 11) is -10.3. The summed E-state index contributed by atoms with van der Waals surface area (Å²) in [5, 5.41) is 27.7. The average Bonchev–Trinajstić information content (AvgIpc) is 2.29. The molecule has 0 aliphatic carbocycles. The van der Waals surface area contributed by atoms with Crippen LogP contribution >= 0.6 is 15.6 Å². The Labute approximate surface area is 112 Å². The molecule has 0 saturated carbocycles. The van der Waals surface area contributed by atoms with E-state index in [1.165, 1.54) is 0 Å². The molecule has 0 fully saturated rings. The Hall–Kier alpha value is -0.230. The molecule has 0 bridgehead atoms. The van der Waals surface area contributed by atoms with Gasteiger partial charge in [0.1, 0.15) is 24.4 Å². The van der Waals surface area contributed by atoms with E-state index in [0.717, 1.165) is 0 Å². The molecular formula is C6H14O12P2. The maximum Gasteiger partial charge on any atom is 0.470 e. The molecule has 0 saturated heterocycles. The Morgan fingerprint density at radius 1 is 0.950 bits per heavy atom. The largest absolute Gasteiger partial charge is 0.470 e. The van der Waals surface area contributed by atoms with Crippen molar-refractivity contribution in [3.8, 4) is 0 Å². The van der Waals surface area contributed by atoms with Crippen LogP contribution in [0.25, 0.3) is 0 Å². The molecule has 0 aromatic rings. The number of rotatable bonds is 9. The molecule has 0 amide bonds. The van der Waals surface area contributed by atoms with Crippen LogP contribution in [-0.4, -0.2) is 72.2 Å². The topological polar surface area (TPSA) is 211 Å². The molecule has 0 radical (unpaired) electrons. The van der Waals surface area contributed by atoms with E-state index in [1.54, 1.807) is 0 Å². The first-order valence-electron chi connectivity index (χ1n) is 4.81. The van der Waals surface area contributed by atoms with E-state index in [4.69, 9.17) is 24.7 Å². The zero-order valence-electron chi connectivity index (χ0n) is 9.66. The van der Waals surface area contributed by atoms with Gasteiger partial charge in [0.25, 0.3) is 0 Å². The molecule has 0 aromatic carbocycles. The van der Waals surface area contributed by atoms with Crippen LogP contribution in [0.1, 0.15) is 0 Å². The zero-order valence-corrected chi connectivity index (χ0v) is 11.4. The van der Waals surface area contributed by atoms with Crippen molar-refractivity contribution in [2.24, 2.45) is 0 Å². The standard InChI is InChI=1S/C6H14O12P2/c7-1-3(8)5(9)6(10)4(18-20(14,15)16)2-17-19(11,12)13/h1,3-6,8-10H,2H2,(H2,11,12,13)(H2,14,15,16)/t3-,4-,5+,6-/m1/s1. The maximum absolute atomic E-state index is 10.6. The fourth-order valence-corrected chi connectivity index (χ4v) is 1.92. The lowest BCUT2D eigenvalue weighted by molar-refractivity contribution is -0.135. The Balaban J connectivity index is 4.95. The van der Waals surface area contributed by atoms with E-state index < -0.39 is 46.7 Å². The van der Waals surface area contributed by atoms with E-state index in [-0.39, 0.29) is 6.29 Å². The lowest BCUT2D eigenvalue weighted by atomic mass is 10.0. The molecule has 4 atom stereocenters. The highest BCUT2D eigenvalue weighted by atomic mass is 31.2. The summed E-state index contributed by atoms with van der Waals surface area (Å²) < 4.78 is 28.9. The lowest BCUT2D eigenvalue weighted by Crippen LogP contribution is -2.47. The Morgan fingerprint density at radius 3 is 1.80 bits per heavy atom. The normalized spacial score (nSPS) is 19.1. The summed E-state index contributed by atoms with van der Waals surface area (Å²) in [6, 6.07) is 0. The third kappa shape index (κ3) is 8.15. The number of aldehydes is 1. The van der Waals surface area contributed by atoms with Crippen LogP contribution in [0.5, 0.6) is 0 Å². The van der Waals surface area contributed by atoms with E-state index in [9.17, 15) is 24.1 Å². The number of carbonyl (C=O) groups excluding carboxylic acids is 1. The van der Waals surface area contributed by atoms with Gasteiger partial charge in [-0.25, -0.2) is 9.13 Å². The van der Waals surface area contributed by atoms with Gasteiger partial charge in [0.2, 0.25) is 0 Å². The fourth-order valence-electron chi connectivity index (χ4n) is 1.04. The minimum absolute atomic E-state index is 0.174. The molecule has 0 aliphatic rings. The van der Waals surface area contributed by atoms with Gasteiger partial charge in [0.05, 0.1) is 6.61 Å². The van der Waals surface area contributed by atoms with Crippen molar-refractivity contribution in [2.75, 3.05) is 6.61 Å². The molecule has 0 unspecified atom stereocenters. The number of phosphoric ester groups is 2. The molecule has 7 N–H and O–H groups in total. The van der Waals surface area contributed by atoms with Crippen molar-refractivity contribution in [1.29, 1.82) is 0 Å². The van der Waals surface area contributed by atoms with Gasteiger partial charge in [-0.2, -0.15) is 0 Å². The summed E-state index contributed by atoms with van der Waals surface area (Å²) in [5.41, 5.74) is 0. The third-order valence-corrected chi connectivity index (χ3v) is 2.93. The number of carbonyl (C=O) groups is 1. The van der Waals surface area contributed by atoms with Crippen molar-refractivity contribution in [3.05, 3.63) is 0 Å². The number of aliphatic hydroxyl groups is 3. The summed E-state index contributed by atoms with van der Waals surface area (Å²) in [6.07, 6.45) is -8.89. The van der Waals surface area contributed by atoms with E-state index in [2.05, 4.69) is 9.05 Å². The van der Waals surface area contributed by atoms with Crippen LogP contribution < -0.4 is 0 Å². The molecule has 0 aliphatic heterocycles. The van der Waals surface area contributed by atoms with Crippen LogP contribution in [0.3, 0.4) is 0 Å². The first-order chi connectivity index (χ1) is 8.87. The zero-order chi connectivity index (χ0) is 16.1. The SMILES string of the molecule is O=C[C@@H](O)[C@H](O)[C@H](O)[C@@H](COP(=O)(O)O)OP(=O)(O)O. The van der Waals surface area contributed by atoms with Gasteiger partial charge in [-0.1, -0.05) is 0 Å². The molecule has 14 heteroatoms. The first kappa shape index (κ1) is 19.8. The van der Waals surface area contributed by atoms with Gasteiger partial charge in [-0.3, -0.25) is 9.05 Å². The average molecular weight is 340 g/mol. The molecule has 0 spiro atoms. The Bertz CT molecular complexity index is 399. The summed E-state index contributed by atoms with van der Waals surface area (Å²) in [6.45, 7) is -1.22. The number of hydrogen-bond donors (Lipinski definition) is 7. The second-order valence-corrected chi connectivity index (χ2v) is 5.96. The highest BCUT2D eigenvalue weighted by Gasteiger charge is 2.37. The van der Waals surface area contributed by atoms with Crippen LogP contribution in [0.15, 0.2) is 0 Å². The molecule has 12 nitrogen and oxygen atoms in total. The number of phosphoric acid groups is 2. The van der Waals surface area contributed by atoms with Crippen LogP contribution in [-0.2, 0) is 23.0 Å². The van der Waals surface area contributed by atoms with Crippen molar-refractivity contribution in [2.45, 2.75) is 24.4 Å². The van der Waals surface area contributed by atoms with E-state index in [1.807, 2.05) is 0 Å². The van der Waals surface area contributed by atoms with Crippen molar-refractivity contribution in [1.82, 2.24) is 0 Å². The molecule has 0 rings (SSSR count). The van der Waals surface area contributed by atoms with Gasteiger partial charge < -0.3 is 39.7 Å². The van der Waals surface area contributed by atoms with E-state index >= 15 is 0 Å². The van der Waals surface area contributed by atoms with Gasteiger partial charge in [0, 0.05) is 0 Å². The Morgan fingerprint density at radius 2 is 1.45 bits per heavy atom. The van der Waals surface area contributed by atoms with E-state index in [0.29, 0.717) is 0 Å². The lowest BCUT2D eigenvalue weighted by Gasteiger charge is -2.27. The first-order valence-corrected chi connectivity index (χ1v) is 7.87. The maximum atomic E-state index is 10.6. The van der Waals surface area contributed by atoms with Gasteiger partial charge >= 0.3 is 15.6 Å². The summed E-state index contributed by atoms with van der Waals surface area (Å²) in [5.74, 6) is 0. The predicted octanol–water partition coefficient (Wildman–Crippen LogP) is -3.14. The van der Waals surface area contributed by atoms with Crippen molar-refractivity contribution < 1.29 is 57.9 Å². The van der Waals surface area contributed by atoms with Crippen LogP contribution in [0.2, 0.25) is 0 Å². The minimum atomic E-state index is -5.21. The highest BCUT2D eigenvalue weighted by Crippen LogP contribution is 2.41. The second-order valence-electron chi connectivity index (χ2n) is 3.53. The third-order valence-electron chi connectivity index (χ3n) is 1.90. The van der Waals surface area contributed by atoms with Crippen LogP contribution in [0, 0.1) is 0 Å². The van der Waals surface area contributed by atoms with Gasteiger partial charge in [-0.15, -0.1) is 0 Å². The molecular weight excluding hydrogens is 326 g/mol. The smallest absolute Gasteiger partial charge is 0.387 e. The number of hydrogen-bond acceptors (Lipinski definition) is 8. The minimum Gasteiger partial charge on any atom is -0.387 e. The molecule has 120 valence electrons. The highest BCUT2D eigenvalue weighted by molar-refractivity contribution is 7.46. The van der Waals surface area contributed by atoms with Crippen LogP contribution in [0.4, 0.5) is 0 Å². The molecule has 0 heterocycles. The molecule has 20 heavy (non-hydrogen) atoms. The van der Waals surface area contributed by atoms with Gasteiger partial charge in [-0.05, 0) is 0 Å². The van der Waals surface area contributed by atoms with Gasteiger partial charge in [0.15, 0.2) is 6.29 Å². The molecule has 0 aromatic heterocycles. The van der Waals surface area contributed by atoms with Crippen molar-refractivity contribution >= 4 is 21.9 Å². The second kappa shape index (κ2) is 7.69. The fraction of sp³-hybridized carbons (Fsp3) is 0.833. The monoisotopic (exact) mass is 340 g/mol. The number of aliphatic hydroxyl groups excluding tert-OH is 3. The van der Waals surface area contributed by atoms with Crippen molar-refractivity contribution in [3.63, 3.8) is 0 Å². The summed E-state index contributed by atoms with van der Waals surface area (Å²) in [4.78, 5) is 44.2. The quantitative estimate of drug-likeness (QED) is 0.164. The summed E-state index contributed by atoms with van der Waals surface area (Å²) >= 11 is 0. The predicted molar refractivity (Wildman–Crippen MR) is 59.0 cm³/mol.